The lowest BCUT2D eigenvalue weighted by Crippen LogP contribution is -2.42. The second kappa shape index (κ2) is 8.15. The number of nitrogens with one attached hydrogen (secondary N) is 2. The lowest BCUT2D eigenvalue weighted by atomic mass is 9.85. The number of carbonyl (C=O) groups excluding carboxylic acids is 1. The van der Waals surface area contributed by atoms with Crippen LogP contribution in [0.5, 0.6) is 0 Å². The second-order valence-corrected chi connectivity index (χ2v) is 8.33. The van der Waals surface area contributed by atoms with E-state index >= 15 is 0 Å². The van der Waals surface area contributed by atoms with Crippen LogP contribution < -0.4 is 15.5 Å². The topological polar surface area (TPSA) is 64.6 Å². The summed E-state index contributed by atoms with van der Waals surface area (Å²) in [5.74, 6) is 0.399. The number of halogens is 1. The highest BCUT2D eigenvalue weighted by atomic mass is 19.1. The lowest BCUT2D eigenvalue weighted by Gasteiger charge is -2.31. The molecule has 6 heteroatoms. The molecule has 0 radical (unpaired) electrons. The van der Waals surface area contributed by atoms with Crippen LogP contribution in [0.4, 0.5) is 10.1 Å². The average molecular weight is 375 g/mol. The number of hydrogen-bond acceptors (Lipinski definition) is 4. The molecule has 5 nitrogen and oxygen atoms in total. The number of fused-ring (bicyclic) bond motifs is 1. The Labute approximate surface area is 160 Å². The maximum Gasteiger partial charge on any atom is 0.237 e. The quantitative estimate of drug-likeness (QED) is 0.756. The minimum absolute atomic E-state index is 0.0268. The summed E-state index contributed by atoms with van der Waals surface area (Å²) in [7, 11) is 0. The first-order chi connectivity index (χ1) is 13.1. The molecule has 0 spiro atoms. The first kappa shape index (κ1) is 18.7. The van der Waals surface area contributed by atoms with E-state index in [0.29, 0.717) is 50.1 Å². The summed E-state index contributed by atoms with van der Waals surface area (Å²) in [5, 5.41) is 16.1. The van der Waals surface area contributed by atoms with Crippen molar-refractivity contribution < 1.29 is 14.3 Å². The Kier molecular flexibility index (Phi) is 5.64. The van der Waals surface area contributed by atoms with Crippen LogP contribution >= 0.6 is 0 Å². The van der Waals surface area contributed by atoms with E-state index in [1.54, 1.807) is 6.07 Å². The standard InChI is InChI=1S/C21H30FN3O2/c22-17-11-14(5-6-20(17)25-9-7-16(26)8-10-25)13-23-21(27)19-12-15-3-1-2-4-18(15)24-19/h5-6,11,15-16,18-19,24,26H,1-4,7-10,12-13H2,(H,23,27)/t15-,18+,19+/m1/s1. The summed E-state index contributed by atoms with van der Waals surface area (Å²) in [4.78, 5) is 14.5. The Morgan fingerprint density at radius 3 is 2.74 bits per heavy atom. The molecular formula is C21H30FN3O2. The molecular weight excluding hydrogens is 345 g/mol. The summed E-state index contributed by atoms with van der Waals surface area (Å²) in [5.41, 5.74) is 1.36. The van der Waals surface area contributed by atoms with Gasteiger partial charge in [-0.25, -0.2) is 4.39 Å². The maximum absolute atomic E-state index is 14.5. The second-order valence-electron chi connectivity index (χ2n) is 8.33. The number of anilines is 1. The highest BCUT2D eigenvalue weighted by Crippen LogP contribution is 2.33. The van der Waals surface area contributed by atoms with E-state index in [1.165, 1.54) is 31.7 Å². The molecule has 2 heterocycles. The molecule has 1 aromatic rings. The van der Waals surface area contributed by atoms with Crippen molar-refractivity contribution in [1.82, 2.24) is 10.6 Å². The molecule has 27 heavy (non-hydrogen) atoms. The number of carbonyl (C=O) groups is 1. The predicted molar refractivity (Wildman–Crippen MR) is 103 cm³/mol. The Balaban J connectivity index is 1.31. The molecule has 2 saturated heterocycles. The van der Waals surface area contributed by atoms with Crippen LogP contribution in [0, 0.1) is 11.7 Å². The third-order valence-corrected chi connectivity index (χ3v) is 6.46. The monoisotopic (exact) mass is 375 g/mol. The Morgan fingerprint density at radius 1 is 1.22 bits per heavy atom. The van der Waals surface area contributed by atoms with Gasteiger partial charge in [-0.15, -0.1) is 0 Å². The van der Waals surface area contributed by atoms with Gasteiger partial charge in [0.1, 0.15) is 5.82 Å². The molecule has 3 fully saturated rings. The molecule has 1 aliphatic carbocycles. The van der Waals surface area contributed by atoms with Gasteiger partial charge in [-0.2, -0.15) is 0 Å². The summed E-state index contributed by atoms with van der Waals surface area (Å²) in [6.45, 7) is 1.69. The number of rotatable bonds is 4. The van der Waals surface area contributed by atoms with Crippen molar-refractivity contribution >= 4 is 11.6 Å². The van der Waals surface area contributed by atoms with Gasteiger partial charge in [0.25, 0.3) is 0 Å². The van der Waals surface area contributed by atoms with E-state index in [-0.39, 0.29) is 23.9 Å². The van der Waals surface area contributed by atoms with Gasteiger partial charge in [-0.1, -0.05) is 18.9 Å². The van der Waals surface area contributed by atoms with Crippen molar-refractivity contribution in [2.45, 2.75) is 69.7 Å². The molecule has 4 rings (SSSR count). The van der Waals surface area contributed by atoms with Gasteiger partial charge in [-0.3, -0.25) is 4.79 Å². The van der Waals surface area contributed by atoms with Crippen LogP contribution in [0.25, 0.3) is 0 Å². The highest BCUT2D eigenvalue weighted by molar-refractivity contribution is 5.82. The highest BCUT2D eigenvalue weighted by Gasteiger charge is 2.38. The SMILES string of the molecule is O=C(NCc1ccc(N2CCC(O)CC2)c(F)c1)[C@@H]1C[C@H]2CCCC[C@@H]2N1. The average Bonchev–Trinajstić information content (AvgIpc) is 3.11. The van der Waals surface area contributed by atoms with Crippen molar-refractivity contribution in [3.05, 3.63) is 29.6 Å². The predicted octanol–water partition coefficient (Wildman–Crippen LogP) is 2.32. The van der Waals surface area contributed by atoms with Crippen molar-refractivity contribution in [2.24, 2.45) is 5.92 Å². The molecule has 1 aromatic carbocycles. The fraction of sp³-hybridized carbons (Fsp3) is 0.667. The van der Waals surface area contributed by atoms with Gasteiger partial charge in [0.2, 0.25) is 5.91 Å². The van der Waals surface area contributed by atoms with E-state index in [4.69, 9.17) is 0 Å². The van der Waals surface area contributed by atoms with E-state index in [9.17, 15) is 14.3 Å². The van der Waals surface area contributed by atoms with Gasteiger partial charge >= 0.3 is 0 Å². The number of aliphatic hydroxyl groups is 1. The van der Waals surface area contributed by atoms with E-state index in [0.717, 1.165) is 12.0 Å². The largest absolute Gasteiger partial charge is 0.393 e. The third kappa shape index (κ3) is 4.27. The minimum Gasteiger partial charge on any atom is -0.393 e. The molecule has 1 saturated carbocycles. The van der Waals surface area contributed by atoms with Gasteiger partial charge < -0.3 is 20.6 Å². The fourth-order valence-electron chi connectivity index (χ4n) is 4.86. The summed E-state index contributed by atoms with van der Waals surface area (Å²) in [6.07, 6.45) is 6.93. The number of benzene rings is 1. The molecule has 1 amide bonds. The Bertz CT molecular complexity index is 661. The smallest absolute Gasteiger partial charge is 0.237 e. The molecule has 0 aromatic heterocycles. The summed E-state index contributed by atoms with van der Waals surface area (Å²) in [6, 6.07) is 5.57. The first-order valence-corrected chi connectivity index (χ1v) is 10.4. The van der Waals surface area contributed by atoms with Crippen molar-refractivity contribution in [1.29, 1.82) is 0 Å². The van der Waals surface area contributed by atoms with Crippen LogP contribution in [0.2, 0.25) is 0 Å². The molecule has 3 aliphatic rings. The van der Waals surface area contributed by atoms with E-state index in [2.05, 4.69) is 10.6 Å². The van der Waals surface area contributed by atoms with Crippen LogP contribution in [0.3, 0.4) is 0 Å². The van der Waals surface area contributed by atoms with E-state index in [1.807, 2.05) is 11.0 Å². The Morgan fingerprint density at radius 2 is 2.00 bits per heavy atom. The number of aliphatic hydroxyl groups excluding tert-OH is 1. The molecule has 3 atom stereocenters. The van der Waals surface area contributed by atoms with Crippen LogP contribution in [-0.4, -0.2) is 42.3 Å². The van der Waals surface area contributed by atoms with Crippen LogP contribution in [0.1, 0.15) is 50.5 Å². The zero-order valence-electron chi connectivity index (χ0n) is 15.8. The maximum atomic E-state index is 14.5. The molecule has 148 valence electrons. The molecule has 0 bridgehead atoms. The normalized spacial score (nSPS) is 28.8. The zero-order chi connectivity index (χ0) is 18.8. The van der Waals surface area contributed by atoms with Gasteiger partial charge in [-0.05, 0) is 55.7 Å². The number of hydrogen-bond donors (Lipinski definition) is 3. The minimum atomic E-state index is -0.271. The Hall–Kier alpha value is -1.66. The number of amides is 1. The first-order valence-electron chi connectivity index (χ1n) is 10.4. The number of nitrogens with zero attached hydrogens (tertiary/aromatic N) is 1. The molecule has 0 unspecified atom stereocenters. The van der Waals surface area contributed by atoms with Gasteiger partial charge in [0.05, 0.1) is 17.8 Å². The van der Waals surface area contributed by atoms with Crippen molar-refractivity contribution in [3.8, 4) is 0 Å². The van der Waals surface area contributed by atoms with Crippen molar-refractivity contribution in [3.63, 3.8) is 0 Å². The van der Waals surface area contributed by atoms with Crippen LogP contribution in [-0.2, 0) is 11.3 Å². The summed E-state index contributed by atoms with van der Waals surface area (Å²) >= 11 is 0. The van der Waals surface area contributed by atoms with Gasteiger partial charge in [0.15, 0.2) is 0 Å². The molecule has 2 aliphatic heterocycles. The fourth-order valence-corrected chi connectivity index (χ4v) is 4.86. The van der Waals surface area contributed by atoms with Gasteiger partial charge in [0, 0.05) is 25.7 Å². The lowest BCUT2D eigenvalue weighted by molar-refractivity contribution is -0.123. The zero-order valence-corrected chi connectivity index (χ0v) is 15.8. The summed E-state index contributed by atoms with van der Waals surface area (Å²) < 4.78 is 14.5. The third-order valence-electron chi connectivity index (χ3n) is 6.46. The number of piperidine rings is 1. The van der Waals surface area contributed by atoms with Crippen LogP contribution in [0.15, 0.2) is 18.2 Å². The van der Waals surface area contributed by atoms with E-state index < -0.39 is 0 Å². The molecule has 3 N–H and O–H groups in total. The van der Waals surface area contributed by atoms with Crippen molar-refractivity contribution in [2.75, 3.05) is 18.0 Å².